The van der Waals surface area contributed by atoms with E-state index in [1.165, 1.54) is 50.8 Å². The van der Waals surface area contributed by atoms with Gasteiger partial charge in [0.15, 0.2) is 0 Å². The van der Waals surface area contributed by atoms with Crippen LogP contribution in [0.15, 0.2) is 108 Å². The molecule has 0 radical (unpaired) electrons. The Morgan fingerprint density at radius 1 is 0.703 bits per heavy atom. The molecule has 0 saturated carbocycles. The van der Waals surface area contributed by atoms with Crippen molar-refractivity contribution >= 4 is 73.0 Å². The van der Waals surface area contributed by atoms with Gasteiger partial charge in [0.1, 0.15) is 0 Å². The number of para-hydroxylation sites is 2. The molecule has 0 aliphatic rings. The molecule has 0 aliphatic carbocycles. The van der Waals surface area contributed by atoms with Crippen molar-refractivity contribution in [3.8, 4) is 15.0 Å². The molecular weight excluding hydrogens is 568 g/mol. The zero-order valence-electron chi connectivity index (χ0n) is 20.5. The molecule has 0 unspecified atom stereocenters. The van der Waals surface area contributed by atoms with Gasteiger partial charge >= 0.3 is 224 Å². The normalized spacial score (nSPS) is 12.1. The third-order valence-electron chi connectivity index (χ3n) is 7.64. The van der Waals surface area contributed by atoms with Gasteiger partial charge in [-0.2, -0.15) is 0 Å². The van der Waals surface area contributed by atoms with E-state index in [0.717, 1.165) is 22.2 Å². The fourth-order valence-corrected chi connectivity index (χ4v) is 9.56. The Labute approximate surface area is 223 Å². The van der Waals surface area contributed by atoms with Crippen molar-refractivity contribution in [1.29, 1.82) is 0 Å². The van der Waals surface area contributed by atoms with Gasteiger partial charge in [-0.05, 0) is 0 Å². The van der Waals surface area contributed by atoms with Gasteiger partial charge in [0.25, 0.3) is 0 Å². The van der Waals surface area contributed by atoms with Gasteiger partial charge in [0.2, 0.25) is 0 Å². The molecule has 0 aliphatic heterocycles. The molecule has 0 fully saturated rings. The maximum absolute atomic E-state index is 6.74. The number of nitrogens with zero attached hydrogens (tertiary/aromatic N) is 2. The van der Waals surface area contributed by atoms with Crippen molar-refractivity contribution in [2.75, 3.05) is 0 Å². The van der Waals surface area contributed by atoms with Crippen LogP contribution in [0.25, 0.3) is 67.5 Å². The zero-order valence-corrected chi connectivity index (χ0v) is 22.9. The summed E-state index contributed by atoms with van der Waals surface area (Å²) in [4.78, 5) is 0. The van der Waals surface area contributed by atoms with Crippen LogP contribution in [0.3, 0.4) is 0 Å². The number of furan rings is 1. The summed E-state index contributed by atoms with van der Waals surface area (Å²) in [5.74, 6) is 0. The first-order valence-electron chi connectivity index (χ1n) is 12.5. The number of aryl methyl sites for hydroxylation is 2. The summed E-state index contributed by atoms with van der Waals surface area (Å²) in [5, 5.41) is 6.29. The first-order chi connectivity index (χ1) is 18.2. The van der Waals surface area contributed by atoms with Crippen LogP contribution in [0.5, 0.6) is 0 Å². The molecule has 0 bridgehead atoms. The second-order valence-electron chi connectivity index (χ2n) is 9.72. The van der Waals surface area contributed by atoms with Crippen LogP contribution in [-0.2, 0) is 7.05 Å². The second kappa shape index (κ2) is 7.83. The minimum atomic E-state index is -0.484. The Morgan fingerprint density at radius 2 is 1.38 bits per heavy atom. The van der Waals surface area contributed by atoms with Gasteiger partial charge in [-0.15, -0.1) is 0 Å². The molecule has 3 nitrogen and oxygen atoms in total. The Balaban J connectivity index is 1.41. The van der Waals surface area contributed by atoms with Crippen molar-refractivity contribution in [1.82, 2.24) is 4.57 Å². The fourth-order valence-electron chi connectivity index (χ4n) is 5.87. The second-order valence-corrected chi connectivity index (χ2v) is 12.7. The van der Waals surface area contributed by atoms with Crippen molar-refractivity contribution in [3.63, 3.8) is 0 Å². The molecule has 8 aromatic rings. The Kier molecular flexibility index (Phi) is 4.50. The Bertz CT molecular complexity index is 2120. The van der Waals surface area contributed by atoms with Crippen LogP contribution < -0.4 is 4.57 Å². The number of aromatic nitrogens is 2. The van der Waals surface area contributed by atoms with Gasteiger partial charge in [-0.3, -0.25) is 0 Å². The van der Waals surface area contributed by atoms with E-state index in [2.05, 4.69) is 126 Å². The summed E-state index contributed by atoms with van der Waals surface area (Å²) in [7, 11) is 2.14. The van der Waals surface area contributed by atoms with E-state index in [1.54, 1.807) is 0 Å². The van der Waals surface area contributed by atoms with E-state index >= 15 is 0 Å². The summed E-state index contributed by atoms with van der Waals surface area (Å²) < 4.78 is 14.3. The topological polar surface area (TPSA) is 21.9 Å². The number of rotatable bonds is 2. The maximum atomic E-state index is 6.74. The molecular formula is C33H23N2OTe+. The molecule has 4 heterocycles. The molecule has 0 saturated heterocycles. The van der Waals surface area contributed by atoms with E-state index in [4.69, 9.17) is 4.42 Å². The van der Waals surface area contributed by atoms with Crippen LogP contribution in [-0.4, -0.2) is 25.0 Å². The van der Waals surface area contributed by atoms with Crippen molar-refractivity contribution in [2.24, 2.45) is 7.05 Å². The molecule has 0 atom stereocenters. The van der Waals surface area contributed by atoms with Gasteiger partial charge in [0.05, 0.1) is 0 Å². The molecule has 4 aromatic carbocycles. The number of hydrogen-bond donors (Lipinski definition) is 0. The quantitative estimate of drug-likeness (QED) is 0.149. The monoisotopic (exact) mass is 593 g/mol. The number of hydrogen-bond acceptors (Lipinski definition) is 1. The predicted octanol–water partition coefficient (Wildman–Crippen LogP) is 7.69. The fraction of sp³-hybridized carbons (Fsp3) is 0.0606. The molecule has 176 valence electrons. The van der Waals surface area contributed by atoms with Crippen molar-refractivity contribution < 1.29 is 8.98 Å². The van der Waals surface area contributed by atoms with Crippen molar-refractivity contribution in [3.05, 3.63) is 109 Å². The van der Waals surface area contributed by atoms with Crippen LogP contribution in [0.2, 0.25) is 0 Å². The first-order valence-corrected chi connectivity index (χ1v) is 14.8. The Hall–Kier alpha value is -3.84. The Morgan fingerprint density at radius 3 is 2.11 bits per heavy atom. The predicted molar refractivity (Wildman–Crippen MR) is 154 cm³/mol. The van der Waals surface area contributed by atoms with Gasteiger partial charge in [0, 0.05) is 0 Å². The van der Waals surface area contributed by atoms with Crippen molar-refractivity contribution in [2.45, 2.75) is 6.92 Å². The number of fused-ring (bicyclic) bond motifs is 7. The summed E-state index contributed by atoms with van der Waals surface area (Å²) in [6, 6.07) is 35.0. The zero-order chi connectivity index (χ0) is 24.7. The van der Waals surface area contributed by atoms with E-state index in [1.807, 2.05) is 0 Å². The van der Waals surface area contributed by atoms with Crippen LogP contribution in [0.1, 0.15) is 5.56 Å². The van der Waals surface area contributed by atoms with E-state index in [9.17, 15) is 0 Å². The molecule has 0 N–H and O–H groups in total. The molecule has 37 heavy (non-hydrogen) atoms. The van der Waals surface area contributed by atoms with Gasteiger partial charge in [-0.25, -0.2) is 0 Å². The first kappa shape index (κ1) is 21.3. The molecule has 0 spiro atoms. The third-order valence-corrected chi connectivity index (χ3v) is 11.3. The average molecular weight is 591 g/mol. The SMILES string of the molecule is Cc1c(-c2c3oc4cc(-n5c6ccccc6c6ccccc65)ccc4c3cc[n+]2C)[te]c2ccccc12. The van der Waals surface area contributed by atoms with Crippen LogP contribution >= 0.6 is 0 Å². The molecule has 4 heteroatoms. The molecule has 0 amide bonds. The minimum absolute atomic E-state index is 0.484. The molecule has 4 aromatic heterocycles. The number of pyridine rings is 1. The van der Waals surface area contributed by atoms with E-state index in [0.29, 0.717) is 0 Å². The standard InChI is InChI=1S/C33H23N2OTe/c1-20-22-9-5-8-14-30(22)37-33(20)31-32-26(17-18-34(31)2)25-16-15-21(19-29(25)36-32)35-27-12-6-3-10-23(27)24-11-4-7-13-28(24)35/h3-19H,1-2H3/q+1. The van der Waals surface area contributed by atoms with E-state index in [-0.39, 0.29) is 0 Å². The van der Waals surface area contributed by atoms with E-state index < -0.39 is 20.4 Å². The average Bonchev–Trinajstić information content (AvgIpc) is 3.58. The van der Waals surface area contributed by atoms with Crippen LogP contribution in [0, 0.1) is 6.92 Å². The van der Waals surface area contributed by atoms with Crippen LogP contribution in [0.4, 0.5) is 0 Å². The summed E-state index contributed by atoms with van der Waals surface area (Å²) in [6.45, 7) is 2.27. The summed E-state index contributed by atoms with van der Waals surface area (Å²) in [6.07, 6.45) is 2.18. The number of benzene rings is 4. The van der Waals surface area contributed by atoms with Gasteiger partial charge < -0.3 is 0 Å². The summed E-state index contributed by atoms with van der Waals surface area (Å²) in [5.41, 5.74) is 8.08. The third kappa shape index (κ3) is 2.98. The van der Waals surface area contributed by atoms with Gasteiger partial charge in [-0.1, -0.05) is 0 Å². The summed E-state index contributed by atoms with van der Waals surface area (Å²) >= 11 is -0.484. The molecule has 8 rings (SSSR count).